The molecule has 0 fully saturated rings. The molecule has 0 heterocycles. The summed E-state index contributed by atoms with van der Waals surface area (Å²) in [6, 6.07) is 3.13. The summed E-state index contributed by atoms with van der Waals surface area (Å²) in [4.78, 5) is 10.6. The van der Waals surface area contributed by atoms with Gasteiger partial charge in [-0.25, -0.2) is 0 Å². The highest BCUT2D eigenvalue weighted by Gasteiger charge is 2.15. The van der Waals surface area contributed by atoms with Crippen molar-refractivity contribution in [3.8, 4) is 5.75 Å². The van der Waals surface area contributed by atoms with Crippen LogP contribution in [0.5, 0.6) is 5.75 Å². The van der Waals surface area contributed by atoms with E-state index in [1.54, 1.807) is 13.2 Å². The van der Waals surface area contributed by atoms with Gasteiger partial charge in [0.05, 0.1) is 13.5 Å². The minimum atomic E-state index is -0.910. The second-order valence-electron chi connectivity index (χ2n) is 3.74. The average molecular weight is 302 g/mol. The van der Waals surface area contributed by atoms with Gasteiger partial charge in [0.25, 0.3) is 0 Å². The highest BCUT2D eigenvalue weighted by atomic mass is 79.9. The Kier molecular flexibility index (Phi) is 4.96. The summed E-state index contributed by atoms with van der Waals surface area (Å²) in [5, 5.41) is 8.72. The van der Waals surface area contributed by atoms with E-state index in [4.69, 9.17) is 15.6 Å². The quantitative estimate of drug-likeness (QED) is 0.876. The zero-order chi connectivity index (χ0) is 13.0. The van der Waals surface area contributed by atoms with Gasteiger partial charge in [-0.2, -0.15) is 0 Å². The lowest BCUT2D eigenvalue weighted by Gasteiger charge is -2.15. The number of carbonyl (C=O) groups is 1. The topological polar surface area (TPSA) is 72.6 Å². The highest BCUT2D eigenvalue weighted by Crippen LogP contribution is 2.31. The van der Waals surface area contributed by atoms with Crippen LogP contribution < -0.4 is 10.5 Å². The molecule has 0 bridgehead atoms. The van der Waals surface area contributed by atoms with Crippen molar-refractivity contribution in [3.05, 3.63) is 27.7 Å². The molecule has 0 radical (unpaired) electrons. The molecular weight excluding hydrogens is 286 g/mol. The number of methoxy groups -OCH3 is 1. The van der Waals surface area contributed by atoms with Crippen molar-refractivity contribution in [2.75, 3.05) is 7.11 Å². The first-order valence-corrected chi connectivity index (χ1v) is 6.12. The molecule has 0 amide bonds. The van der Waals surface area contributed by atoms with E-state index < -0.39 is 12.0 Å². The van der Waals surface area contributed by atoms with Gasteiger partial charge in [0.1, 0.15) is 5.75 Å². The Hall–Kier alpha value is -1.07. The molecule has 1 aromatic carbocycles. The molecule has 1 atom stereocenters. The third-order valence-electron chi connectivity index (χ3n) is 2.57. The Morgan fingerprint density at radius 2 is 2.24 bits per heavy atom. The number of hydrogen-bond donors (Lipinski definition) is 2. The van der Waals surface area contributed by atoms with Crippen LogP contribution in [0, 0.1) is 0 Å². The van der Waals surface area contributed by atoms with E-state index in [1.165, 1.54) is 0 Å². The maximum Gasteiger partial charge on any atom is 0.305 e. The van der Waals surface area contributed by atoms with E-state index in [-0.39, 0.29) is 6.42 Å². The summed E-state index contributed by atoms with van der Waals surface area (Å²) in [5.41, 5.74) is 7.63. The first kappa shape index (κ1) is 14.0. The maximum atomic E-state index is 10.6. The normalized spacial score (nSPS) is 12.2. The molecule has 1 rings (SSSR count). The predicted molar refractivity (Wildman–Crippen MR) is 69.3 cm³/mol. The highest BCUT2D eigenvalue weighted by molar-refractivity contribution is 9.10. The van der Waals surface area contributed by atoms with Gasteiger partial charge in [0.2, 0.25) is 0 Å². The molecule has 0 aliphatic rings. The van der Waals surface area contributed by atoms with Crippen molar-refractivity contribution in [3.63, 3.8) is 0 Å². The smallest absolute Gasteiger partial charge is 0.305 e. The minimum absolute atomic E-state index is 0.0962. The minimum Gasteiger partial charge on any atom is -0.496 e. The van der Waals surface area contributed by atoms with Gasteiger partial charge in [-0.05, 0) is 24.1 Å². The summed E-state index contributed by atoms with van der Waals surface area (Å²) >= 11 is 3.45. The lowest BCUT2D eigenvalue weighted by molar-refractivity contribution is -0.137. The van der Waals surface area contributed by atoms with Crippen molar-refractivity contribution in [1.29, 1.82) is 0 Å². The third-order valence-corrected chi connectivity index (χ3v) is 3.28. The molecule has 0 spiro atoms. The lowest BCUT2D eigenvalue weighted by Crippen LogP contribution is -2.15. The van der Waals surface area contributed by atoms with Crippen LogP contribution in [0.2, 0.25) is 0 Å². The molecule has 94 valence electrons. The number of hydrogen-bond acceptors (Lipinski definition) is 3. The zero-order valence-electron chi connectivity index (χ0n) is 9.87. The molecular formula is C12H16BrNO3. The van der Waals surface area contributed by atoms with Gasteiger partial charge in [-0.1, -0.05) is 22.9 Å². The number of benzene rings is 1. The van der Waals surface area contributed by atoms with Gasteiger partial charge in [0.15, 0.2) is 0 Å². The summed E-state index contributed by atoms with van der Waals surface area (Å²) in [5.74, 6) is -0.176. The Bertz CT molecular complexity index is 420. The van der Waals surface area contributed by atoms with Gasteiger partial charge < -0.3 is 15.6 Å². The van der Waals surface area contributed by atoms with Crippen molar-refractivity contribution >= 4 is 21.9 Å². The van der Waals surface area contributed by atoms with Crippen molar-refractivity contribution in [1.82, 2.24) is 0 Å². The Morgan fingerprint density at radius 3 is 2.71 bits per heavy atom. The molecule has 3 N–H and O–H groups in total. The lowest BCUT2D eigenvalue weighted by atomic mass is 10.0. The predicted octanol–water partition coefficient (Wildman–Crippen LogP) is 2.49. The molecule has 1 unspecified atom stereocenters. The van der Waals surface area contributed by atoms with Crippen molar-refractivity contribution < 1.29 is 14.6 Å². The average Bonchev–Trinajstić information content (AvgIpc) is 2.26. The Labute approximate surface area is 109 Å². The third kappa shape index (κ3) is 3.44. The fourth-order valence-corrected chi connectivity index (χ4v) is 2.42. The number of halogens is 1. The maximum absolute atomic E-state index is 10.6. The van der Waals surface area contributed by atoms with Crippen LogP contribution in [0.4, 0.5) is 0 Å². The molecule has 0 aliphatic carbocycles. The fraction of sp³-hybridized carbons (Fsp3) is 0.417. The van der Waals surface area contributed by atoms with E-state index in [2.05, 4.69) is 15.9 Å². The van der Waals surface area contributed by atoms with Crippen LogP contribution in [-0.4, -0.2) is 18.2 Å². The fourth-order valence-electron chi connectivity index (χ4n) is 1.68. The van der Waals surface area contributed by atoms with Crippen LogP contribution in [-0.2, 0) is 11.2 Å². The molecule has 0 aromatic heterocycles. The molecule has 1 aromatic rings. The number of carboxylic acids is 1. The van der Waals surface area contributed by atoms with Crippen LogP contribution in [0.1, 0.15) is 30.5 Å². The number of nitrogens with two attached hydrogens (primary N) is 1. The molecule has 5 heteroatoms. The zero-order valence-corrected chi connectivity index (χ0v) is 11.5. The van der Waals surface area contributed by atoms with E-state index in [1.807, 2.05) is 13.0 Å². The van der Waals surface area contributed by atoms with Crippen LogP contribution in [0.3, 0.4) is 0 Å². The number of aliphatic carboxylic acids is 1. The second-order valence-corrected chi connectivity index (χ2v) is 4.60. The van der Waals surface area contributed by atoms with Gasteiger partial charge in [-0.15, -0.1) is 0 Å². The molecule has 0 saturated heterocycles. The number of ether oxygens (including phenoxy) is 1. The Morgan fingerprint density at radius 1 is 1.59 bits per heavy atom. The van der Waals surface area contributed by atoms with Gasteiger partial charge >= 0.3 is 5.97 Å². The molecule has 0 saturated carbocycles. The van der Waals surface area contributed by atoms with Crippen molar-refractivity contribution in [2.24, 2.45) is 5.73 Å². The van der Waals surface area contributed by atoms with Crippen LogP contribution in [0.15, 0.2) is 16.6 Å². The number of rotatable bonds is 5. The molecule has 4 nitrogen and oxygen atoms in total. The van der Waals surface area contributed by atoms with Crippen LogP contribution >= 0.6 is 15.9 Å². The summed E-state index contributed by atoms with van der Waals surface area (Å²) in [7, 11) is 1.59. The van der Waals surface area contributed by atoms with Gasteiger partial charge in [0, 0.05) is 16.1 Å². The molecule has 0 aliphatic heterocycles. The Balaban J connectivity index is 3.10. The van der Waals surface area contributed by atoms with Crippen molar-refractivity contribution in [2.45, 2.75) is 25.8 Å². The second kappa shape index (κ2) is 6.02. The number of carboxylic acid groups (broad SMARTS) is 1. The summed E-state index contributed by atoms with van der Waals surface area (Å²) in [6.07, 6.45) is 0.735. The van der Waals surface area contributed by atoms with E-state index >= 15 is 0 Å². The summed E-state index contributed by atoms with van der Waals surface area (Å²) in [6.45, 7) is 2.03. The first-order valence-electron chi connectivity index (χ1n) is 5.33. The van der Waals surface area contributed by atoms with E-state index in [0.29, 0.717) is 0 Å². The van der Waals surface area contributed by atoms with Gasteiger partial charge in [-0.3, -0.25) is 4.79 Å². The SMILES string of the molecule is CCc1c(Br)cc(C(N)CC(=O)O)cc1OC. The van der Waals surface area contributed by atoms with E-state index in [9.17, 15) is 4.79 Å². The molecule has 17 heavy (non-hydrogen) atoms. The van der Waals surface area contributed by atoms with Crippen LogP contribution in [0.25, 0.3) is 0 Å². The summed E-state index contributed by atoms with van der Waals surface area (Å²) < 4.78 is 6.18. The first-order chi connectivity index (χ1) is 7.99. The van der Waals surface area contributed by atoms with E-state index in [0.717, 1.165) is 27.8 Å². The monoisotopic (exact) mass is 301 g/mol. The largest absolute Gasteiger partial charge is 0.496 e. The standard InChI is InChI=1S/C12H16BrNO3/c1-3-8-9(13)4-7(5-11(8)17-2)10(14)6-12(15)16/h4-5,10H,3,6,14H2,1-2H3,(H,15,16).